The molecule has 76 heavy (non-hydrogen) atoms. The van der Waals surface area contributed by atoms with Crippen molar-refractivity contribution in [2.24, 2.45) is 28.2 Å². The van der Waals surface area contributed by atoms with Gasteiger partial charge in [0.25, 0.3) is 0 Å². The quantitative estimate of drug-likeness (QED) is 0.0319. The third kappa shape index (κ3) is 17.3. The summed E-state index contributed by atoms with van der Waals surface area (Å²) in [6, 6.07) is 0.333. The molecule has 5 amide bonds. The number of hydrogen-bond acceptors (Lipinski definition) is 14. The maximum Gasteiger partial charge on any atom is 0.414 e. The zero-order chi connectivity index (χ0) is 56.2. The Morgan fingerprint density at radius 3 is 1.82 bits per heavy atom. The molecule has 3 atom stereocenters. The van der Waals surface area contributed by atoms with E-state index in [2.05, 4.69) is 80.6 Å². The molecule has 4 saturated carbocycles. The van der Waals surface area contributed by atoms with E-state index in [1.54, 1.807) is 74.8 Å². The van der Waals surface area contributed by atoms with Crippen LogP contribution in [0.2, 0.25) is 18.1 Å². The fourth-order valence-electron chi connectivity index (χ4n) is 10.8. The van der Waals surface area contributed by atoms with Crippen molar-refractivity contribution in [3.05, 3.63) is 58.8 Å². The summed E-state index contributed by atoms with van der Waals surface area (Å²) < 4.78 is 29.2. The number of aliphatic imine (C=N–C) groups is 1. The number of nitrogens with zero attached hydrogens (tertiary/aromatic N) is 4. The van der Waals surface area contributed by atoms with Crippen molar-refractivity contribution in [2.45, 2.75) is 214 Å². The molecule has 0 radical (unpaired) electrons. The van der Waals surface area contributed by atoms with E-state index in [1.807, 2.05) is 26.0 Å². The molecule has 4 fully saturated rings. The Kier molecular flexibility index (Phi) is 18.2. The molecule has 7 rings (SSSR count). The molecule has 21 heteroatoms. The number of aryl methyl sites for hydroxylation is 2. The number of ether oxygens (including phenoxy) is 3. The number of imidazole rings is 1. The summed E-state index contributed by atoms with van der Waals surface area (Å²) in [7, 11) is -2.24. The van der Waals surface area contributed by atoms with Gasteiger partial charge in [-0.3, -0.25) is 20.2 Å². The van der Waals surface area contributed by atoms with Gasteiger partial charge >= 0.3 is 18.3 Å². The maximum atomic E-state index is 15.2. The Labute approximate surface area is 450 Å². The SMILES string of the molecule is Cc1cc(O[Si](C)(C)C(C)(C)C)cc(C)c1C[C@H](NC(=O)[C@@H](CCNC(=O)OC(C)(C)C)N=C(NC(=O)OC(C)(C)C)NC(=O)OC(C)(C)C)C(=O)N[C@@H](Cc1cnc[nH]1)c1nc(CC23CC4CC(CC(C4)C2)C3)no1. The standard InChI is InChI=1S/C55H86N10O10Si/c1-32-19-38(75-76(15,16)54(12,13)14)20-33(2)39(32)25-41(45(67)60-42(24-37-30-56-31-58-37)46-62-43(65-74-46)29-55-26-34-21-35(27-55)23-36(22-34)28-55)59-44(66)40(17-18-57-48(68)71-51(3,4)5)61-47(63-49(69)72-52(6,7)8)64-50(70)73-53(9,10)11/h19-20,30-31,34-36,40-42H,17-18,21-29H2,1-16H3,(H,56,58)(H,57,68)(H,59,66)(H,60,67)(H2,61,63,64,69,70)/t34?,35?,36?,40-,41+,42+,55?/m1/s1. The van der Waals surface area contributed by atoms with Crippen molar-refractivity contribution in [3.63, 3.8) is 0 Å². The normalized spacial score (nSPS) is 20.6. The number of aromatic nitrogens is 4. The van der Waals surface area contributed by atoms with E-state index < -0.39 is 79.3 Å². The van der Waals surface area contributed by atoms with Crippen LogP contribution >= 0.6 is 0 Å². The number of alkyl carbamates (subject to hydrolysis) is 3. The molecular weight excluding hydrogens is 989 g/mol. The number of rotatable bonds is 17. The molecule has 4 aliphatic rings. The molecule has 1 aromatic carbocycles. The minimum Gasteiger partial charge on any atom is -0.543 e. The van der Waals surface area contributed by atoms with Crippen LogP contribution in [0.4, 0.5) is 14.4 Å². The highest BCUT2D eigenvalue weighted by molar-refractivity contribution is 6.74. The van der Waals surface area contributed by atoms with E-state index in [0.29, 0.717) is 23.7 Å². The fourth-order valence-corrected chi connectivity index (χ4v) is 11.8. The number of benzene rings is 1. The van der Waals surface area contributed by atoms with Crippen LogP contribution in [0.25, 0.3) is 0 Å². The first-order valence-electron chi connectivity index (χ1n) is 26.9. The van der Waals surface area contributed by atoms with E-state index in [9.17, 15) is 14.4 Å². The van der Waals surface area contributed by atoms with Crippen molar-refractivity contribution in [1.29, 1.82) is 0 Å². The number of carbonyl (C=O) groups excluding carboxylic acids is 5. The summed E-state index contributed by atoms with van der Waals surface area (Å²) >= 11 is 0. The maximum absolute atomic E-state index is 15.2. The van der Waals surface area contributed by atoms with Gasteiger partial charge in [-0.1, -0.05) is 25.9 Å². The number of hydrogen-bond donors (Lipinski definition) is 6. The van der Waals surface area contributed by atoms with Crippen LogP contribution < -0.4 is 31.0 Å². The molecular formula is C55H86N10O10Si. The van der Waals surface area contributed by atoms with Gasteiger partial charge in [0.1, 0.15) is 40.7 Å². The second-order valence-electron chi connectivity index (χ2n) is 26.1. The summed E-state index contributed by atoms with van der Waals surface area (Å²) in [5, 5.41) is 18.1. The molecule has 2 aromatic heterocycles. The van der Waals surface area contributed by atoms with Crippen molar-refractivity contribution in [3.8, 4) is 5.75 Å². The van der Waals surface area contributed by atoms with Crippen molar-refractivity contribution < 1.29 is 47.1 Å². The molecule has 20 nitrogen and oxygen atoms in total. The molecule has 4 aliphatic carbocycles. The third-order valence-corrected chi connectivity index (χ3v) is 18.9. The molecule has 0 spiro atoms. The first-order chi connectivity index (χ1) is 35.1. The average Bonchev–Trinajstić information content (AvgIpc) is 3.93. The van der Waals surface area contributed by atoms with Gasteiger partial charge in [0.2, 0.25) is 32.0 Å². The van der Waals surface area contributed by atoms with Gasteiger partial charge in [-0.25, -0.2) is 24.4 Å². The molecule has 6 N–H and O–H groups in total. The highest BCUT2D eigenvalue weighted by Gasteiger charge is 2.51. The van der Waals surface area contributed by atoms with Crippen LogP contribution in [0.15, 0.2) is 34.2 Å². The number of nitrogens with one attached hydrogen (secondary N) is 6. The zero-order valence-corrected chi connectivity index (χ0v) is 48.9. The third-order valence-electron chi connectivity index (χ3n) is 14.6. The molecule has 420 valence electrons. The average molecular weight is 1080 g/mol. The van der Waals surface area contributed by atoms with Crippen molar-refractivity contribution in [1.82, 2.24) is 46.7 Å². The molecule has 0 unspecified atom stereocenters. The van der Waals surface area contributed by atoms with Gasteiger partial charge in [0, 0.05) is 37.7 Å². The second-order valence-corrected chi connectivity index (χ2v) is 30.8. The highest BCUT2D eigenvalue weighted by Crippen LogP contribution is 2.61. The van der Waals surface area contributed by atoms with Crippen LogP contribution in [0, 0.1) is 37.0 Å². The minimum absolute atomic E-state index is 0.0132. The van der Waals surface area contributed by atoms with Gasteiger partial charge in [0.15, 0.2) is 5.82 Å². The monoisotopic (exact) mass is 1070 g/mol. The van der Waals surface area contributed by atoms with Gasteiger partial charge in [-0.2, -0.15) is 4.98 Å². The van der Waals surface area contributed by atoms with E-state index in [4.69, 9.17) is 28.1 Å². The van der Waals surface area contributed by atoms with E-state index in [0.717, 1.165) is 34.4 Å². The van der Waals surface area contributed by atoms with Crippen molar-refractivity contribution in [2.75, 3.05) is 6.54 Å². The van der Waals surface area contributed by atoms with Crippen LogP contribution in [0.3, 0.4) is 0 Å². The topological polar surface area (TPSA) is 262 Å². The first kappa shape index (κ1) is 59.3. The van der Waals surface area contributed by atoms with Crippen molar-refractivity contribution >= 4 is 44.4 Å². The van der Waals surface area contributed by atoms with Gasteiger partial charge in [0.05, 0.1) is 6.33 Å². The van der Waals surface area contributed by atoms with Crippen LogP contribution in [-0.2, 0) is 43.1 Å². The van der Waals surface area contributed by atoms with E-state index in [1.165, 1.54) is 38.5 Å². The van der Waals surface area contributed by atoms with Gasteiger partial charge in [-0.05, 0) is 191 Å². The zero-order valence-electron chi connectivity index (χ0n) is 47.9. The van der Waals surface area contributed by atoms with Gasteiger partial charge in [-0.15, -0.1) is 0 Å². The van der Waals surface area contributed by atoms with Crippen LogP contribution in [0.1, 0.15) is 168 Å². The smallest absolute Gasteiger partial charge is 0.414 e. The minimum atomic E-state index is -2.24. The summed E-state index contributed by atoms with van der Waals surface area (Å²) in [5.41, 5.74) is 0.575. The number of carbonyl (C=O) groups is 5. The lowest BCUT2D eigenvalue weighted by atomic mass is 9.49. The first-order valence-corrected chi connectivity index (χ1v) is 29.8. The summed E-state index contributed by atoms with van der Waals surface area (Å²) in [4.78, 5) is 86.4. The van der Waals surface area contributed by atoms with Gasteiger partial charge < -0.3 is 44.1 Å². The van der Waals surface area contributed by atoms with Crippen LogP contribution in [0.5, 0.6) is 5.75 Å². The number of aromatic amines is 1. The molecule has 0 aliphatic heterocycles. The molecule has 0 saturated heterocycles. The number of guanidine groups is 1. The molecule has 3 aromatic rings. The summed E-state index contributed by atoms with van der Waals surface area (Å²) in [5.74, 6) is 1.92. The number of H-pyrrole nitrogens is 1. The lowest BCUT2D eigenvalue weighted by Gasteiger charge is -2.56. The van der Waals surface area contributed by atoms with Crippen LogP contribution in [-0.4, -0.2) is 99.9 Å². The largest absolute Gasteiger partial charge is 0.543 e. The Hall–Kier alpha value is -5.99. The predicted octanol–water partition coefficient (Wildman–Crippen LogP) is 9.37. The highest BCUT2D eigenvalue weighted by atomic mass is 28.4. The summed E-state index contributed by atoms with van der Waals surface area (Å²) in [6.07, 6.45) is 8.66. The molecule has 4 bridgehead atoms. The lowest BCUT2D eigenvalue weighted by molar-refractivity contribution is -0.130. The van der Waals surface area contributed by atoms with E-state index in [-0.39, 0.29) is 42.2 Å². The summed E-state index contributed by atoms with van der Waals surface area (Å²) in [6.45, 7) is 29.7. The Bertz CT molecular complexity index is 2480. The Balaban J connectivity index is 1.37. The van der Waals surface area contributed by atoms with E-state index >= 15 is 9.59 Å². The Morgan fingerprint density at radius 2 is 1.32 bits per heavy atom. The lowest BCUT2D eigenvalue weighted by Crippen LogP contribution is -2.53. The number of amides is 5. The predicted molar refractivity (Wildman–Crippen MR) is 290 cm³/mol. The molecule has 2 heterocycles. The second kappa shape index (κ2) is 23.3. The fraction of sp³-hybridized carbons (Fsp3) is 0.691. The Morgan fingerprint density at radius 1 is 0.776 bits per heavy atom.